The van der Waals surface area contributed by atoms with E-state index in [0.717, 1.165) is 13.1 Å². The van der Waals surface area contributed by atoms with E-state index in [1.54, 1.807) is 19.1 Å². The number of aromatic carboxylic acids is 1. The standard InChI is InChI=1S/C15H20N2O3S/c1-9-6-12(4-5-13(9)14(18)19)16-15(20)17-7-10(2)21-11(3)8-17/h4-6,10-11H,7-8H2,1-3H3,(H,16,20)(H,18,19). The number of amides is 2. The summed E-state index contributed by atoms with van der Waals surface area (Å²) in [6, 6.07) is 4.70. The minimum absolute atomic E-state index is 0.128. The van der Waals surface area contributed by atoms with Gasteiger partial charge in [0.2, 0.25) is 0 Å². The quantitative estimate of drug-likeness (QED) is 0.881. The molecule has 1 aromatic rings. The van der Waals surface area contributed by atoms with E-state index in [2.05, 4.69) is 19.2 Å². The smallest absolute Gasteiger partial charge is 0.335 e. The summed E-state index contributed by atoms with van der Waals surface area (Å²) in [6.07, 6.45) is 0. The van der Waals surface area contributed by atoms with E-state index in [4.69, 9.17) is 5.11 Å². The zero-order chi connectivity index (χ0) is 15.6. The highest BCUT2D eigenvalue weighted by molar-refractivity contribution is 8.00. The predicted molar refractivity (Wildman–Crippen MR) is 85.2 cm³/mol. The molecule has 6 heteroatoms. The zero-order valence-electron chi connectivity index (χ0n) is 12.4. The second-order valence-corrected chi connectivity index (χ2v) is 7.31. The fourth-order valence-electron chi connectivity index (χ4n) is 2.53. The lowest BCUT2D eigenvalue weighted by Gasteiger charge is -2.34. The molecule has 0 spiro atoms. The number of carboxylic acid groups (broad SMARTS) is 1. The first-order chi connectivity index (χ1) is 9.86. The molecular formula is C15H20N2O3S. The molecule has 2 N–H and O–H groups in total. The Hall–Kier alpha value is -1.69. The van der Waals surface area contributed by atoms with Crippen LogP contribution in [-0.4, -0.2) is 45.6 Å². The van der Waals surface area contributed by atoms with E-state index in [-0.39, 0.29) is 11.6 Å². The third-order valence-electron chi connectivity index (χ3n) is 3.41. The molecule has 2 unspecified atom stereocenters. The Balaban J connectivity index is 2.06. The summed E-state index contributed by atoms with van der Waals surface area (Å²) in [5.41, 5.74) is 1.52. The van der Waals surface area contributed by atoms with Crippen molar-refractivity contribution in [1.82, 2.24) is 4.90 Å². The number of urea groups is 1. The van der Waals surface area contributed by atoms with Gasteiger partial charge in [0.15, 0.2) is 0 Å². The monoisotopic (exact) mass is 308 g/mol. The Labute approximate surface area is 128 Å². The van der Waals surface area contributed by atoms with Crippen molar-refractivity contribution in [1.29, 1.82) is 0 Å². The van der Waals surface area contributed by atoms with E-state index in [1.807, 2.05) is 16.7 Å². The first kappa shape index (κ1) is 15.7. The van der Waals surface area contributed by atoms with Gasteiger partial charge in [-0.15, -0.1) is 0 Å². The van der Waals surface area contributed by atoms with E-state index in [0.29, 0.717) is 21.8 Å². The molecule has 1 aromatic carbocycles. The van der Waals surface area contributed by atoms with Crippen molar-refractivity contribution in [3.63, 3.8) is 0 Å². The molecule has 1 fully saturated rings. The molecule has 1 saturated heterocycles. The molecule has 1 aliphatic heterocycles. The second kappa shape index (κ2) is 6.39. The summed E-state index contributed by atoms with van der Waals surface area (Å²) in [5.74, 6) is -0.957. The van der Waals surface area contributed by atoms with Gasteiger partial charge >= 0.3 is 12.0 Å². The molecule has 2 rings (SSSR count). The Morgan fingerprint density at radius 1 is 1.29 bits per heavy atom. The lowest BCUT2D eigenvalue weighted by atomic mass is 10.1. The molecule has 114 valence electrons. The fourth-order valence-corrected chi connectivity index (χ4v) is 3.85. The number of aryl methyl sites for hydroxylation is 1. The molecule has 0 aliphatic carbocycles. The predicted octanol–water partition coefficient (Wildman–Crippen LogP) is 3.05. The number of anilines is 1. The maximum Gasteiger partial charge on any atom is 0.335 e. The molecule has 0 bridgehead atoms. The van der Waals surface area contributed by atoms with E-state index >= 15 is 0 Å². The molecular weight excluding hydrogens is 288 g/mol. The normalized spacial score (nSPS) is 22.0. The van der Waals surface area contributed by atoms with Crippen LogP contribution in [0.4, 0.5) is 10.5 Å². The minimum Gasteiger partial charge on any atom is -0.478 e. The number of carbonyl (C=O) groups is 2. The average molecular weight is 308 g/mol. The third-order valence-corrected chi connectivity index (χ3v) is 4.64. The van der Waals surface area contributed by atoms with Crippen LogP contribution in [-0.2, 0) is 0 Å². The van der Waals surface area contributed by atoms with Crippen molar-refractivity contribution in [2.45, 2.75) is 31.3 Å². The molecule has 0 aromatic heterocycles. The molecule has 5 nitrogen and oxygen atoms in total. The van der Waals surface area contributed by atoms with Crippen molar-refractivity contribution in [3.8, 4) is 0 Å². The molecule has 2 amide bonds. The largest absolute Gasteiger partial charge is 0.478 e. The van der Waals surface area contributed by atoms with Crippen LogP contribution in [0.1, 0.15) is 29.8 Å². The van der Waals surface area contributed by atoms with Gasteiger partial charge in [-0.1, -0.05) is 13.8 Å². The lowest BCUT2D eigenvalue weighted by Crippen LogP contribution is -2.46. The van der Waals surface area contributed by atoms with Gasteiger partial charge in [0.05, 0.1) is 5.56 Å². The maximum absolute atomic E-state index is 12.3. The Morgan fingerprint density at radius 2 is 1.90 bits per heavy atom. The molecule has 2 atom stereocenters. The van der Waals surface area contributed by atoms with Gasteiger partial charge in [0, 0.05) is 29.3 Å². The summed E-state index contributed by atoms with van der Waals surface area (Å²) >= 11 is 1.89. The number of hydrogen-bond acceptors (Lipinski definition) is 3. The topological polar surface area (TPSA) is 69.6 Å². The van der Waals surface area contributed by atoms with Gasteiger partial charge in [-0.2, -0.15) is 11.8 Å². The number of thioether (sulfide) groups is 1. The summed E-state index contributed by atoms with van der Waals surface area (Å²) in [7, 11) is 0. The molecule has 0 radical (unpaired) electrons. The van der Waals surface area contributed by atoms with Crippen LogP contribution >= 0.6 is 11.8 Å². The summed E-state index contributed by atoms with van der Waals surface area (Å²) in [5, 5.41) is 12.7. The van der Waals surface area contributed by atoms with E-state index in [9.17, 15) is 9.59 Å². The second-order valence-electron chi connectivity index (χ2n) is 5.43. The highest BCUT2D eigenvalue weighted by Gasteiger charge is 2.25. The van der Waals surface area contributed by atoms with Gasteiger partial charge in [0.1, 0.15) is 0 Å². The molecule has 21 heavy (non-hydrogen) atoms. The fraction of sp³-hybridized carbons (Fsp3) is 0.467. The zero-order valence-corrected chi connectivity index (χ0v) is 13.2. The number of hydrogen-bond donors (Lipinski definition) is 2. The molecule has 0 saturated carbocycles. The SMILES string of the molecule is Cc1cc(NC(=O)N2CC(C)SC(C)C2)ccc1C(=O)O. The summed E-state index contributed by atoms with van der Waals surface area (Å²) in [4.78, 5) is 25.1. The van der Waals surface area contributed by atoms with Gasteiger partial charge < -0.3 is 15.3 Å². The van der Waals surface area contributed by atoms with Crippen molar-refractivity contribution >= 4 is 29.4 Å². The third kappa shape index (κ3) is 3.91. The molecule has 1 heterocycles. The minimum atomic E-state index is -0.957. The highest BCUT2D eigenvalue weighted by atomic mass is 32.2. The first-order valence-electron chi connectivity index (χ1n) is 6.92. The van der Waals surface area contributed by atoms with E-state index < -0.39 is 5.97 Å². The average Bonchev–Trinajstić information content (AvgIpc) is 2.37. The van der Waals surface area contributed by atoms with Crippen molar-refractivity contribution in [2.75, 3.05) is 18.4 Å². The Morgan fingerprint density at radius 3 is 2.43 bits per heavy atom. The van der Waals surface area contributed by atoms with Crippen molar-refractivity contribution in [3.05, 3.63) is 29.3 Å². The van der Waals surface area contributed by atoms with Crippen molar-refractivity contribution in [2.24, 2.45) is 0 Å². The van der Waals surface area contributed by atoms with Gasteiger partial charge in [0.25, 0.3) is 0 Å². The van der Waals surface area contributed by atoms with Gasteiger partial charge in [-0.25, -0.2) is 9.59 Å². The van der Waals surface area contributed by atoms with Crippen LogP contribution in [0.25, 0.3) is 0 Å². The van der Waals surface area contributed by atoms with Crippen LogP contribution in [0.2, 0.25) is 0 Å². The van der Waals surface area contributed by atoms with Crippen LogP contribution < -0.4 is 5.32 Å². The summed E-state index contributed by atoms with van der Waals surface area (Å²) < 4.78 is 0. The Kier molecular flexibility index (Phi) is 4.77. The number of rotatable bonds is 2. The number of carboxylic acids is 1. The Bertz CT molecular complexity index is 552. The van der Waals surface area contributed by atoms with Gasteiger partial charge in [-0.05, 0) is 30.7 Å². The summed E-state index contributed by atoms with van der Waals surface area (Å²) in [6.45, 7) is 7.42. The lowest BCUT2D eigenvalue weighted by molar-refractivity contribution is 0.0696. The number of benzene rings is 1. The van der Waals surface area contributed by atoms with Gasteiger partial charge in [-0.3, -0.25) is 0 Å². The highest BCUT2D eigenvalue weighted by Crippen LogP contribution is 2.25. The van der Waals surface area contributed by atoms with E-state index in [1.165, 1.54) is 6.07 Å². The number of nitrogens with one attached hydrogen (secondary N) is 1. The maximum atomic E-state index is 12.3. The van der Waals surface area contributed by atoms with Crippen LogP contribution in [0.3, 0.4) is 0 Å². The number of carbonyl (C=O) groups excluding carboxylic acids is 1. The van der Waals surface area contributed by atoms with Crippen LogP contribution in [0.5, 0.6) is 0 Å². The first-order valence-corrected chi connectivity index (χ1v) is 7.86. The van der Waals surface area contributed by atoms with Crippen molar-refractivity contribution < 1.29 is 14.7 Å². The molecule has 1 aliphatic rings. The van der Waals surface area contributed by atoms with Crippen LogP contribution in [0.15, 0.2) is 18.2 Å². The number of nitrogens with zero attached hydrogens (tertiary/aromatic N) is 1. The van der Waals surface area contributed by atoms with Crippen LogP contribution in [0, 0.1) is 6.92 Å².